The molecule has 3 heterocycles. The van der Waals surface area contributed by atoms with Gasteiger partial charge in [-0.05, 0) is 62.9 Å². The van der Waals surface area contributed by atoms with E-state index >= 15 is 0 Å². The van der Waals surface area contributed by atoms with E-state index in [1.165, 1.54) is 28.5 Å². The van der Waals surface area contributed by atoms with Crippen molar-refractivity contribution < 1.29 is 24.2 Å². The van der Waals surface area contributed by atoms with Crippen molar-refractivity contribution >= 4 is 34.6 Å². The maximum Gasteiger partial charge on any atom is 0.326 e. The molecule has 32 heavy (non-hydrogen) atoms. The fourth-order valence-electron chi connectivity index (χ4n) is 5.03. The zero-order chi connectivity index (χ0) is 22.4. The second kappa shape index (κ2) is 8.01. The first-order valence-electron chi connectivity index (χ1n) is 11.0. The van der Waals surface area contributed by atoms with Crippen LogP contribution in [0.1, 0.15) is 25.7 Å². The van der Waals surface area contributed by atoms with Crippen LogP contribution in [0.15, 0.2) is 24.4 Å². The van der Waals surface area contributed by atoms with Gasteiger partial charge in [-0.15, -0.1) is 0 Å². The van der Waals surface area contributed by atoms with Crippen molar-refractivity contribution in [1.29, 1.82) is 0 Å². The van der Waals surface area contributed by atoms with Gasteiger partial charge >= 0.3 is 18.0 Å². The first-order chi connectivity index (χ1) is 15.4. The highest BCUT2D eigenvalue weighted by atomic mass is 16.5. The number of carbonyl (C=O) groups is 3. The summed E-state index contributed by atoms with van der Waals surface area (Å²) in [5, 5.41) is 12.9. The van der Waals surface area contributed by atoms with E-state index in [9.17, 15) is 19.5 Å². The number of piperidine rings is 1. The number of carboxylic acid groups (broad SMARTS) is 1. The largest absolute Gasteiger partial charge is 0.492 e. The third-order valence-electron chi connectivity index (χ3n) is 6.75. The Morgan fingerprint density at radius 1 is 1.19 bits per heavy atom. The summed E-state index contributed by atoms with van der Waals surface area (Å²) in [7, 11) is 0. The Bertz CT molecular complexity index is 1080. The first-order valence-corrected chi connectivity index (χ1v) is 11.0. The molecule has 3 atom stereocenters. The molecule has 2 saturated heterocycles. The Morgan fingerprint density at radius 2 is 1.97 bits per heavy atom. The van der Waals surface area contributed by atoms with E-state index in [4.69, 9.17) is 10.5 Å². The van der Waals surface area contributed by atoms with Gasteiger partial charge in [0.15, 0.2) is 0 Å². The van der Waals surface area contributed by atoms with E-state index in [2.05, 4.69) is 10.2 Å². The molecule has 1 aromatic carbocycles. The number of rotatable bonds is 6. The number of likely N-dealkylation sites (tertiary alicyclic amines) is 2. The molecule has 1 aromatic heterocycles. The van der Waals surface area contributed by atoms with Gasteiger partial charge in [-0.25, -0.2) is 14.4 Å². The minimum absolute atomic E-state index is 0.0370. The van der Waals surface area contributed by atoms with Gasteiger partial charge < -0.3 is 25.8 Å². The smallest absolute Gasteiger partial charge is 0.326 e. The number of carboxylic acids is 1. The van der Waals surface area contributed by atoms with Gasteiger partial charge in [0.25, 0.3) is 0 Å². The summed E-state index contributed by atoms with van der Waals surface area (Å²) in [6, 6.07) is 3.25. The third kappa shape index (κ3) is 3.75. The van der Waals surface area contributed by atoms with Gasteiger partial charge in [-0.1, -0.05) is 0 Å². The lowest BCUT2D eigenvalue weighted by molar-refractivity contribution is -0.141. The van der Waals surface area contributed by atoms with Crippen molar-refractivity contribution in [3.63, 3.8) is 0 Å². The number of hydrogen-bond donors (Lipinski definition) is 3. The lowest BCUT2D eigenvalue weighted by Crippen LogP contribution is -2.45. The fourth-order valence-corrected chi connectivity index (χ4v) is 5.03. The number of carbonyl (C=O) groups excluding carboxylic acids is 2. The summed E-state index contributed by atoms with van der Waals surface area (Å²) in [5.74, 6) is -0.119. The van der Waals surface area contributed by atoms with Gasteiger partial charge in [0, 0.05) is 24.2 Å². The van der Waals surface area contributed by atoms with Crippen molar-refractivity contribution in [3.05, 3.63) is 24.4 Å². The number of nitrogens with two attached hydrogens (primary N) is 1. The number of ether oxygens (including phenoxy) is 1. The molecular formula is C22H27N5O5. The Labute approximate surface area is 184 Å². The van der Waals surface area contributed by atoms with Crippen LogP contribution in [0, 0.1) is 5.92 Å². The molecule has 170 valence electrons. The fraction of sp³-hybridized carbons (Fsp3) is 0.500. The van der Waals surface area contributed by atoms with Crippen molar-refractivity contribution in [2.24, 2.45) is 11.7 Å². The molecule has 3 fully saturated rings. The molecule has 2 aromatic rings. The number of aromatic nitrogens is 1. The van der Waals surface area contributed by atoms with Crippen LogP contribution in [0.5, 0.6) is 5.75 Å². The van der Waals surface area contributed by atoms with Crippen LogP contribution < -0.4 is 15.8 Å². The maximum atomic E-state index is 13.0. The molecule has 3 amide bonds. The number of benzene rings is 1. The van der Waals surface area contributed by atoms with Gasteiger partial charge in [0.1, 0.15) is 18.4 Å². The van der Waals surface area contributed by atoms with E-state index < -0.39 is 24.1 Å². The number of nitrogens with zero attached hydrogens (tertiary/aromatic N) is 3. The Balaban J connectivity index is 1.36. The highest BCUT2D eigenvalue weighted by molar-refractivity contribution is 6.05. The molecule has 5 rings (SSSR count). The number of urea groups is 1. The normalized spacial score (nSPS) is 24.5. The monoisotopic (exact) mass is 441 g/mol. The molecule has 10 heteroatoms. The Kier molecular flexibility index (Phi) is 5.16. The lowest BCUT2D eigenvalue weighted by Gasteiger charge is -2.24. The van der Waals surface area contributed by atoms with Crippen LogP contribution in [0.2, 0.25) is 0 Å². The number of primary amides is 1. The summed E-state index contributed by atoms with van der Waals surface area (Å²) in [5.41, 5.74) is 6.44. The number of fused-ring (bicyclic) bond motifs is 2. The van der Waals surface area contributed by atoms with Crippen LogP contribution in [0.3, 0.4) is 0 Å². The molecule has 2 aliphatic heterocycles. The highest BCUT2D eigenvalue weighted by Crippen LogP contribution is 2.48. The molecule has 4 N–H and O–H groups in total. The summed E-state index contributed by atoms with van der Waals surface area (Å²) in [6.07, 6.45) is 5.21. The zero-order valence-corrected chi connectivity index (χ0v) is 17.7. The number of aliphatic carboxylic acids is 1. The van der Waals surface area contributed by atoms with Crippen LogP contribution in [0.4, 0.5) is 15.3 Å². The van der Waals surface area contributed by atoms with Crippen LogP contribution in [0.25, 0.3) is 10.9 Å². The van der Waals surface area contributed by atoms with Gasteiger partial charge in [0.2, 0.25) is 0 Å². The molecule has 3 aliphatic rings. The van der Waals surface area contributed by atoms with Crippen molar-refractivity contribution in [2.75, 3.05) is 31.6 Å². The van der Waals surface area contributed by atoms with Crippen LogP contribution >= 0.6 is 0 Å². The standard InChI is InChI=1S/C22H27N5O5/c23-21(30)26-12-16(24-22(31)27-18-9-13(18)10-19(27)20(28)29)15-11-14(3-4-17(15)26)32-8-7-25-5-1-2-6-25/h3-4,11-13,18-19H,1-2,5-10H2,(H2,23,30)(H,24,31)(H,28,29)/t13-,18-,19+/m1/s1. The van der Waals surface area contributed by atoms with Gasteiger partial charge in [0.05, 0.1) is 11.2 Å². The highest BCUT2D eigenvalue weighted by Gasteiger charge is 2.56. The summed E-state index contributed by atoms with van der Waals surface area (Å²) in [4.78, 5) is 40.2. The second-order valence-corrected chi connectivity index (χ2v) is 8.82. The summed E-state index contributed by atoms with van der Waals surface area (Å²) < 4.78 is 7.17. The predicted octanol–water partition coefficient (Wildman–Crippen LogP) is 2.12. The van der Waals surface area contributed by atoms with Crippen LogP contribution in [-0.4, -0.2) is 75.8 Å². The van der Waals surface area contributed by atoms with E-state index in [1.54, 1.807) is 18.2 Å². The Morgan fingerprint density at radius 3 is 2.69 bits per heavy atom. The van der Waals surface area contributed by atoms with Crippen molar-refractivity contribution in [1.82, 2.24) is 14.4 Å². The summed E-state index contributed by atoms with van der Waals surface area (Å²) >= 11 is 0. The molecule has 0 radical (unpaired) electrons. The quantitative estimate of drug-likeness (QED) is 0.630. The number of nitrogens with one attached hydrogen (secondary N) is 1. The molecule has 1 aliphatic carbocycles. The van der Waals surface area contributed by atoms with Gasteiger partial charge in [-0.2, -0.15) is 0 Å². The van der Waals surface area contributed by atoms with Crippen molar-refractivity contribution in [3.8, 4) is 5.75 Å². The van der Waals surface area contributed by atoms with Crippen LogP contribution in [-0.2, 0) is 4.79 Å². The average Bonchev–Trinajstić information content (AvgIpc) is 3.12. The van der Waals surface area contributed by atoms with Gasteiger partial charge in [-0.3, -0.25) is 9.47 Å². The van der Waals surface area contributed by atoms with E-state index in [0.29, 0.717) is 35.4 Å². The Hall–Kier alpha value is -3.27. The average molecular weight is 441 g/mol. The third-order valence-corrected chi connectivity index (χ3v) is 6.75. The number of amides is 3. The topological polar surface area (TPSA) is 130 Å². The molecule has 0 bridgehead atoms. The second-order valence-electron chi connectivity index (χ2n) is 8.82. The minimum Gasteiger partial charge on any atom is -0.492 e. The maximum absolute atomic E-state index is 13.0. The summed E-state index contributed by atoms with van der Waals surface area (Å²) in [6.45, 7) is 3.57. The van der Waals surface area contributed by atoms with E-state index in [-0.39, 0.29) is 12.0 Å². The molecule has 1 saturated carbocycles. The SMILES string of the molecule is NC(=O)n1cc(NC(=O)N2[C@@H]3C[C@@H]3C[C@H]2C(=O)O)c2cc(OCCN3CCCC3)ccc21. The zero-order valence-electron chi connectivity index (χ0n) is 17.7. The molecule has 0 unspecified atom stereocenters. The van der Waals surface area contributed by atoms with E-state index in [0.717, 1.165) is 26.1 Å². The van der Waals surface area contributed by atoms with E-state index in [1.807, 2.05) is 0 Å². The number of hydrogen-bond acceptors (Lipinski definition) is 5. The lowest BCUT2D eigenvalue weighted by atomic mass is 10.2. The molecule has 0 spiro atoms. The number of anilines is 1. The minimum atomic E-state index is -0.999. The molecule has 10 nitrogen and oxygen atoms in total. The molecular weight excluding hydrogens is 414 g/mol. The predicted molar refractivity (Wildman–Crippen MR) is 117 cm³/mol. The first kappa shape index (κ1) is 20.6. The van der Waals surface area contributed by atoms with Crippen molar-refractivity contribution in [2.45, 2.75) is 37.8 Å².